The number of rotatable bonds is 12. The summed E-state index contributed by atoms with van der Waals surface area (Å²) in [6.45, 7) is 8.13. The molecular weight excluding hydrogens is 256 g/mol. The van der Waals surface area contributed by atoms with Crippen LogP contribution in [0, 0.1) is 0 Å². The standard InChI is InChI=1S/C14H30N4O2/c1-3-8-16-13(19)5-11-18(10-4-2)12-6-14(20)17-9-7-15/h3-12,15H2,1-2H3,(H,16,19)(H,17,20). The average Bonchev–Trinajstić information content (AvgIpc) is 2.45. The van der Waals surface area contributed by atoms with Gasteiger partial charge in [-0.1, -0.05) is 13.8 Å². The molecule has 0 aliphatic heterocycles. The summed E-state index contributed by atoms with van der Waals surface area (Å²) in [7, 11) is 0. The summed E-state index contributed by atoms with van der Waals surface area (Å²) in [5.41, 5.74) is 5.33. The third-order valence-electron chi connectivity index (χ3n) is 2.89. The Morgan fingerprint density at radius 1 is 0.900 bits per heavy atom. The van der Waals surface area contributed by atoms with E-state index in [9.17, 15) is 9.59 Å². The van der Waals surface area contributed by atoms with E-state index in [1.807, 2.05) is 6.92 Å². The first kappa shape index (κ1) is 18.9. The van der Waals surface area contributed by atoms with E-state index in [1.54, 1.807) is 0 Å². The minimum absolute atomic E-state index is 0.0204. The molecule has 0 rings (SSSR count). The van der Waals surface area contributed by atoms with Crippen molar-refractivity contribution in [3.8, 4) is 0 Å². The minimum Gasteiger partial charge on any atom is -0.356 e. The zero-order valence-electron chi connectivity index (χ0n) is 12.9. The fraction of sp³-hybridized carbons (Fsp3) is 0.857. The van der Waals surface area contributed by atoms with Crippen molar-refractivity contribution >= 4 is 11.8 Å². The maximum Gasteiger partial charge on any atom is 0.221 e. The number of amides is 2. The number of carbonyl (C=O) groups excluding carboxylic acids is 2. The molecule has 20 heavy (non-hydrogen) atoms. The highest BCUT2D eigenvalue weighted by Gasteiger charge is 2.09. The molecule has 0 aliphatic rings. The van der Waals surface area contributed by atoms with E-state index in [0.717, 1.165) is 25.9 Å². The van der Waals surface area contributed by atoms with Gasteiger partial charge in [-0.25, -0.2) is 0 Å². The van der Waals surface area contributed by atoms with Crippen molar-refractivity contribution in [1.82, 2.24) is 15.5 Å². The third kappa shape index (κ3) is 10.8. The highest BCUT2D eigenvalue weighted by atomic mass is 16.2. The zero-order chi connectivity index (χ0) is 15.2. The maximum atomic E-state index is 11.6. The molecule has 0 atom stereocenters. The van der Waals surface area contributed by atoms with Gasteiger partial charge in [0.2, 0.25) is 11.8 Å². The maximum absolute atomic E-state index is 11.6. The molecule has 0 saturated carbocycles. The number of nitrogens with two attached hydrogens (primary N) is 1. The molecule has 0 bridgehead atoms. The number of hydrogen-bond acceptors (Lipinski definition) is 4. The van der Waals surface area contributed by atoms with Crippen molar-refractivity contribution in [2.75, 3.05) is 39.3 Å². The van der Waals surface area contributed by atoms with Gasteiger partial charge in [-0.15, -0.1) is 0 Å². The first-order valence-corrected chi connectivity index (χ1v) is 7.59. The normalized spacial score (nSPS) is 10.6. The molecule has 0 aromatic carbocycles. The molecular formula is C14H30N4O2. The first-order valence-electron chi connectivity index (χ1n) is 7.59. The zero-order valence-corrected chi connectivity index (χ0v) is 12.9. The number of nitrogens with one attached hydrogen (secondary N) is 2. The molecule has 0 unspecified atom stereocenters. The van der Waals surface area contributed by atoms with Gasteiger partial charge in [-0.3, -0.25) is 9.59 Å². The second kappa shape index (κ2) is 12.9. The van der Waals surface area contributed by atoms with Crippen molar-refractivity contribution < 1.29 is 9.59 Å². The summed E-state index contributed by atoms with van der Waals surface area (Å²) < 4.78 is 0. The van der Waals surface area contributed by atoms with Gasteiger partial charge in [0.15, 0.2) is 0 Å². The molecule has 0 aromatic heterocycles. The van der Waals surface area contributed by atoms with Crippen LogP contribution in [-0.2, 0) is 9.59 Å². The van der Waals surface area contributed by atoms with Crippen molar-refractivity contribution in [3.63, 3.8) is 0 Å². The Hall–Kier alpha value is -1.14. The number of nitrogens with zero attached hydrogens (tertiary/aromatic N) is 1. The van der Waals surface area contributed by atoms with Crippen molar-refractivity contribution in [3.05, 3.63) is 0 Å². The summed E-state index contributed by atoms with van der Waals surface area (Å²) in [6, 6.07) is 0. The molecule has 0 spiro atoms. The summed E-state index contributed by atoms with van der Waals surface area (Å²) in [5.74, 6) is 0.104. The predicted octanol–water partition coefficient (Wildman–Crippen LogP) is 0.0797. The van der Waals surface area contributed by atoms with Gasteiger partial charge >= 0.3 is 0 Å². The molecule has 2 amide bonds. The van der Waals surface area contributed by atoms with E-state index in [0.29, 0.717) is 39.0 Å². The molecule has 0 fully saturated rings. The lowest BCUT2D eigenvalue weighted by Crippen LogP contribution is -2.35. The van der Waals surface area contributed by atoms with Crippen LogP contribution in [0.1, 0.15) is 39.5 Å². The second-order valence-electron chi connectivity index (χ2n) is 4.83. The van der Waals surface area contributed by atoms with E-state index in [2.05, 4.69) is 22.5 Å². The van der Waals surface area contributed by atoms with Crippen LogP contribution in [0.4, 0.5) is 0 Å². The SMILES string of the molecule is CCCNC(=O)CCN(CCC)CCC(=O)NCCN. The van der Waals surface area contributed by atoms with E-state index in [4.69, 9.17) is 5.73 Å². The largest absolute Gasteiger partial charge is 0.356 e. The molecule has 0 aliphatic carbocycles. The Balaban J connectivity index is 3.91. The molecule has 0 aromatic rings. The van der Waals surface area contributed by atoms with E-state index in [1.165, 1.54) is 0 Å². The average molecular weight is 286 g/mol. The van der Waals surface area contributed by atoms with Gasteiger partial charge in [0.05, 0.1) is 0 Å². The Kier molecular flexibility index (Phi) is 12.1. The fourth-order valence-corrected chi connectivity index (χ4v) is 1.82. The van der Waals surface area contributed by atoms with Gasteiger partial charge in [-0.05, 0) is 19.4 Å². The van der Waals surface area contributed by atoms with Crippen LogP contribution in [0.2, 0.25) is 0 Å². The van der Waals surface area contributed by atoms with Crippen LogP contribution in [0.5, 0.6) is 0 Å². The molecule has 118 valence electrons. The summed E-state index contributed by atoms with van der Waals surface area (Å²) >= 11 is 0. The molecule has 0 saturated heterocycles. The monoisotopic (exact) mass is 286 g/mol. The van der Waals surface area contributed by atoms with E-state index in [-0.39, 0.29) is 11.8 Å². The van der Waals surface area contributed by atoms with Gasteiger partial charge in [-0.2, -0.15) is 0 Å². The lowest BCUT2D eigenvalue weighted by Gasteiger charge is -2.21. The van der Waals surface area contributed by atoms with Gasteiger partial charge < -0.3 is 21.3 Å². The first-order chi connectivity index (χ1) is 9.63. The van der Waals surface area contributed by atoms with Gasteiger partial charge in [0.25, 0.3) is 0 Å². The van der Waals surface area contributed by atoms with Gasteiger partial charge in [0.1, 0.15) is 0 Å². The van der Waals surface area contributed by atoms with Crippen molar-refractivity contribution in [2.45, 2.75) is 39.5 Å². The molecule has 0 radical (unpaired) electrons. The number of carbonyl (C=O) groups is 2. The Bertz CT molecular complexity index is 248. The third-order valence-corrected chi connectivity index (χ3v) is 2.89. The summed E-state index contributed by atoms with van der Waals surface area (Å²) in [6.07, 6.45) is 2.91. The highest BCUT2D eigenvalue weighted by Crippen LogP contribution is 1.97. The Morgan fingerprint density at radius 3 is 1.90 bits per heavy atom. The smallest absolute Gasteiger partial charge is 0.221 e. The van der Waals surface area contributed by atoms with Crippen LogP contribution in [0.3, 0.4) is 0 Å². The highest BCUT2D eigenvalue weighted by molar-refractivity contribution is 5.76. The lowest BCUT2D eigenvalue weighted by atomic mass is 10.3. The molecule has 6 nitrogen and oxygen atoms in total. The summed E-state index contributed by atoms with van der Waals surface area (Å²) in [4.78, 5) is 25.2. The Morgan fingerprint density at radius 2 is 1.45 bits per heavy atom. The quantitative estimate of drug-likeness (QED) is 0.474. The second-order valence-corrected chi connectivity index (χ2v) is 4.83. The van der Waals surface area contributed by atoms with Crippen LogP contribution < -0.4 is 16.4 Å². The van der Waals surface area contributed by atoms with E-state index >= 15 is 0 Å². The molecule has 6 heteroatoms. The molecule has 4 N–H and O–H groups in total. The van der Waals surface area contributed by atoms with Crippen LogP contribution in [0.25, 0.3) is 0 Å². The summed E-state index contributed by atoms with van der Waals surface area (Å²) in [5, 5.41) is 5.62. The predicted molar refractivity (Wildman–Crippen MR) is 81.3 cm³/mol. The van der Waals surface area contributed by atoms with E-state index < -0.39 is 0 Å². The van der Waals surface area contributed by atoms with Crippen LogP contribution in [0.15, 0.2) is 0 Å². The number of hydrogen-bond donors (Lipinski definition) is 3. The topological polar surface area (TPSA) is 87.5 Å². The van der Waals surface area contributed by atoms with Crippen LogP contribution in [-0.4, -0.2) is 56.0 Å². The van der Waals surface area contributed by atoms with Crippen molar-refractivity contribution in [2.24, 2.45) is 5.73 Å². The Labute approximate surface area is 122 Å². The lowest BCUT2D eigenvalue weighted by molar-refractivity contribution is -0.121. The van der Waals surface area contributed by atoms with Crippen LogP contribution >= 0.6 is 0 Å². The van der Waals surface area contributed by atoms with Gasteiger partial charge in [0, 0.05) is 45.6 Å². The fourth-order valence-electron chi connectivity index (χ4n) is 1.82. The minimum atomic E-state index is 0.0204. The molecule has 0 heterocycles. The van der Waals surface area contributed by atoms with Crippen molar-refractivity contribution in [1.29, 1.82) is 0 Å².